The van der Waals surface area contributed by atoms with Crippen molar-refractivity contribution < 1.29 is 9.53 Å². The molecule has 5 nitrogen and oxygen atoms in total. The molecule has 1 aromatic carbocycles. The number of aromatic amines is 1. The van der Waals surface area contributed by atoms with Crippen LogP contribution in [0.25, 0.3) is 11.3 Å². The van der Waals surface area contributed by atoms with E-state index in [-0.39, 0.29) is 12.1 Å². The molecule has 6 heteroatoms. The normalized spacial score (nSPS) is 20.4. The molecule has 0 unspecified atom stereocenters. The Morgan fingerprint density at radius 2 is 2.04 bits per heavy atom. The number of carbonyl (C=O) groups excluding carboxylic acids is 1. The molecule has 1 N–H and O–H groups in total. The minimum atomic E-state index is -0.502. The molecule has 1 saturated heterocycles. The van der Waals surface area contributed by atoms with Crippen molar-refractivity contribution in [2.75, 3.05) is 6.54 Å². The zero-order valence-corrected chi connectivity index (χ0v) is 17.3. The van der Waals surface area contributed by atoms with Crippen molar-refractivity contribution in [1.82, 2.24) is 14.9 Å². The lowest BCUT2D eigenvalue weighted by Gasteiger charge is -2.27. The van der Waals surface area contributed by atoms with Gasteiger partial charge in [0.25, 0.3) is 0 Å². The molecule has 2 atom stereocenters. The van der Waals surface area contributed by atoms with Crippen LogP contribution < -0.4 is 0 Å². The number of halogens is 1. The van der Waals surface area contributed by atoms with Crippen LogP contribution in [0, 0.1) is 5.92 Å². The highest BCUT2D eigenvalue weighted by Gasteiger charge is 2.39. The minimum Gasteiger partial charge on any atom is -0.444 e. The summed E-state index contributed by atoms with van der Waals surface area (Å²) >= 11 is 3.46. The third-order valence-electron chi connectivity index (χ3n) is 4.66. The first kappa shape index (κ1) is 19.0. The van der Waals surface area contributed by atoms with Gasteiger partial charge in [0.05, 0.1) is 17.9 Å². The molecule has 0 spiro atoms. The van der Waals surface area contributed by atoms with E-state index in [1.165, 1.54) is 0 Å². The number of imidazole rings is 1. The lowest BCUT2D eigenvalue weighted by molar-refractivity contribution is 0.0214. The second-order valence-corrected chi connectivity index (χ2v) is 8.76. The summed E-state index contributed by atoms with van der Waals surface area (Å²) in [6.45, 7) is 8.56. The number of aromatic nitrogens is 2. The van der Waals surface area contributed by atoms with E-state index in [0.717, 1.165) is 34.4 Å². The first-order valence-electron chi connectivity index (χ1n) is 9.07. The van der Waals surface area contributed by atoms with Crippen molar-refractivity contribution in [3.05, 3.63) is 40.8 Å². The molecule has 1 aliphatic heterocycles. The van der Waals surface area contributed by atoms with Crippen molar-refractivity contribution in [2.45, 2.75) is 52.2 Å². The first-order chi connectivity index (χ1) is 12.3. The Morgan fingerprint density at radius 3 is 2.65 bits per heavy atom. The Hall–Kier alpha value is -1.82. The molecular formula is C20H26BrN3O2. The average Bonchev–Trinajstić information content (AvgIpc) is 3.20. The quantitative estimate of drug-likeness (QED) is 0.709. The summed E-state index contributed by atoms with van der Waals surface area (Å²) in [7, 11) is 0. The molecule has 2 aromatic rings. The fourth-order valence-electron chi connectivity index (χ4n) is 3.28. The predicted octanol–water partition coefficient (Wildman–Crippen LogP) is 5.55. The largest absolute Gasteiger partial charge is 0.444 e. The second-order valence-electron chi connectivity index (χ2n) is 7.85. The van der Waals surface area contributed by atoms with E-state index in [1.807, 2.05) is 56.1 Å². The van der Waals surface area contributed by atoms with Gasteiger partial charge in [0.15, 0.2) is 0 Å². The summed E-state index contributed by atoms with van der Waals surface area (Å²) in [5, 5.41) is 0. The van der Waals surface area contributed by atoms with Crippen molar-refractivity contribution in [3.63, 3.8) is 0 Å². The number of H-pyrrole nitrogens is 1. The van der Waals surface area contributed by atoms with Gasteiger partial charge >= 0.3 is 6.09 Å². The van der Waals surface area contributed by atoms with Crippen molar-refractivity contribution in [1.29, 1.82) is 0 Å². The highest BCUT2D eigenvalue weighted by molar-refractivity contribution is 9.10. The van der Waals surface area contributed by atoms with Crippen molar-refractivity contribution in [3.8, 4) is 11.3 Å². The summed E-state index contributed by atoms with van der Waals surface area (Å²) < 4.78 is 6.65. The maximum atomic E-state index is 12.7. The Bertz CT molecular complexity index is 764. The molecule has 140 valence electrons. The number of carbonyl (C=O) groups is 1. The van der Waals surface area contributed by atoms with Gasteiger partial charge in [0.2, 0.25) is 0 Å². The lowest BCUT2D eigenvalue weighted by Crippen LogP contribution is -2.37. The van der Waals surface area contributed by atoms with Crippen LogP contribution in [-0.4, -0.2) is 33.1 Å². The zero-order chi connectivity index (χ0) is 18.9. The standard InChI is InChI=1S/C20H26BrN3O2/c1-5-13-10-17(24(12-13)19(25)26-20(2,3)4)18-22-11-16(23-18)14-6-8-15(21)9-7-14/h6-9,11,13,17H,5,10,12H2,1-4H3,(H,22,23)/t13-,17-/m0/s1. The number of benzene rings is 1. The zero-order valence-electron chi connectivity index (χ0n) is 15.8. The van der Waals surface area contributed by atoms with E-state index in [9.17, 15) is 4.79 Å². The molecule has 0 radical (unpaired) electrons. The maximum absolute atomic E-state index is 12.7. The van der Waals surface area contributed by atoms with Crippen molar-refractivity contribution >= 4 is 22.0 Å². The first-order valence-corrected chi connectivity index (χ1v) is 9.86. The van der Waals surface area contributed by atoms with E-state index >= 15 is 0 Å². The van der Waals surface area contributed by atoms with E-state index in [4.69, 9.17) is 4.74 Å². The summed E-state index contributed by atoms with van der Waals surface area (Å²) in [6.07, 6.45) is 3.52. The Balaban J connectivity index is 1.83. The van der Waals surface area contributed by atoms with E-state index in [0.29, 0.717) is 12.5 Å². The maximum Gasteiger partial charge on any atom is 0.410 e. The van der Waals surface area contributed by atoms with Gasteiger partial charge in [-0.15, -0.1) is 0 Å². The molecule has 0 bridgehead atoms. The Kier molecular flexibility index (Phi) is 5.42. The van der Waals surface area contributed by atoms with Gasteiger partial charge < -0.3 is 9.72 Å². The molecule has 0 aliphatic carbocycles. The van der Waals surface area contributed by atoms with Crippen LogP contribution in [-0.2, 0) is 4.74 Å². The van der Waals surface area contributed by atoms with Gasteiger partial charge in [-0.2, -0.15) is 0 Å². The van der Waals surface area contributed by atoms with Gasteiger partial charge in [0, 0.05) is 11.0 Å². The molecule has 2 heterocycles. The van der Waals surface area contributed by atoms with Gasteiger partial charge in [0.1, 0.15) is 11.4 Å². The molecule has 1 aromatic heterocycles. The number of nitrogens with one attached hydrogen (secondary N) is 1. The van der Waals surface area contributed by atoms with Crippen LogP contribution in [0.2, 0.25) is 0 Å². The number of hydrogen-bond acceptors (Lipinski definition) is 3. The van der Waals surface area contributed by atoms with Gasteiger partial charge in [-0.25, -0.2) is 9.78 Å². The van der Waals surface area contributed by atoms with Crippen LogP contribution in [0.15, 0.2) is 34.9 Å². The molecule has 1 aliphatic rings. The van der Waals surface area contributed by atoms with Gasteiger partial charge in [-0.3, -0.25) is 4.90 Å². The highest BCUT2D eigenvalue weighted by atomic mass is 79.9. The molecule has 3 rings (SSSR count). The molecule has 26 heavy (non-hydrogen) atoms. The fourth-order valence-corrected chi connectivity index (χ4v) is 3.55. The molecule has 0 saturated carbocycles. The Labute approximate surface area is 163 Å². The number of rotatable bonds is 3. The monoisotopic (exact) mass is 419 g/mol. The third kappa shape index (κ3) is 4.29. The summed E-state index contributed by atoms with van der Waals surface area (Å²) in [6, 6.07) is 8.02. The third-order valence-corrected chi connectivity index (χ3v) is 5.19. The lowest BCUT2D eigenvalue weighted by atomic mass is 10.0. The number of ether oxygens (including phenoxy) is 1. The smallest absolute Gasteiger partial charge is 0.410 e. The van der Waals surface area contributed by atoms with Gasteiger partial charge in [-0.05, 0) is 50.8 Å². The molecule has 1 amide bonds. The van der Waals surface area contributed by atoms with Crippen molar-refractivity contribution in [2.24, 2.45) is 5.92 Å². The van der Waals surface area contributed by atoms with E-state index < -0.39 is 5.60 Å². The number of nitrogens with zero attached hydrogens (tertiary/aromatic N) is 2. The summed E-state index contributed by atoms with van der Waals surface area (Å²) in [5.74, 6) is 1.29. The topological polar surface area (TPSA) is 58.2 Å². The van der Waals surface area contributed by atoms with Crippen LogP contribution in [0.5, 0.6) is 0 Å². The Morgan fingerprint density at radius 1 is 1.35 bits per heavy atom. The fraction of sp³-hybridized carbons (Fsp3) is 0.500. The SMILES string of the molecule is CC[C@H]1C[C@@H](c2ncc(-c3ccc(Br)cc3)[nH]2)N(C(=O)OC(C)(C)C)C1. The summed E-state index contributed by atoms with van der Waals surface area (Å²) in [4.78, 5) is 22.5. The number of hydrogen-bond donors (Lipinski definition) is 1. The van der Waals surface area contributed by atoms with E-state index in [2.05, 4.69) is 32.8 Å². The number of amides is 1. The number of likely N-dealkylation sites (tertiary alicyclic amines) is 1. The summed E-state index contributed by atoms with van der Waals surface area (Å²) in [5.41, 5.74) is 1.52. The molecule has 1 fully saturated rings. The van der Waals surface area contributed by atoms with Crippen LogP contribution >= 0.6 is 15.9 Å². The van der Waals surface area contributed by atoms with Crippen LogP contribution in [0.3, 0.4) is 0 Å². The minimum absolute atomic E-state index is 0.0704. The van der Waals surface area contributed by atoms with Crippen LogP contribution in [0.1, 0.15) is 52.4 Å². The second kappa shape index (κ2) is 7.43. The van der Waals surface area contributed by atoms with Gasteiger partial charge in [-0.1, -0.05) is 41.4 Å². The van der Waals surface area contributed by atoms with E-state index in [1.54, 1.807) is 0 Å². The predicted molar refractivity (Wildman–Crippen MR) is 106 cm³/mol. The molecular weight excluding hydrogens is 394 g/mol. The van der Waals surface area contributed by atoms with Crippen LogP contribution in [0.4, 0.5) is 4.79 Å². The average molecular weight is 420 g/mol. The highest BCUT2D eigenvalue weighted by Crippen LogP contribution is 2.37.